The molecule has 0 bridgehead atoms. The highest BCUT2D eigenvalue weighted by Gasteiger charge is 2.22. The second kappa shape index (κ2) is 8.31. The van der Waals surface area contributed by atoms with E-state index in [0.717, 1.165) is 37.0 Å². The summed E-state index contributed by atoms with van der Waals surface area (Å²) in [6.07, 6.45) is 1.68. The van der Waals surface area contributed by atoms with E-state index in [1.54, 1.807) is 35.4 Å². The van der Waals surface area contributed by atoms with Crippen LogP contribution in [-0.2, 0) is 18.9 Å². The monoisotopic (exact) mass is 412 g/mol. The van der Waals surface area contributed by atoms with Crippen molar-refractivity contribution in [3.8, 4) is 5.75 Å². The smallest absolute Gasteiger partial charge is 0.328 e. The molecule has 1 aliphatic heterocycles. The molecular weight excluding hydrogens is 387 g/mol. The van der Waals surface area contributed by atoms with E-state index in [9.17, 15) is 14.0 Å². The van der Waals surface area contributed by atoms with E-state index in [1.165, 1.54) is 12.1 Å². The number of rotatable bonds is 5. The summed E-state index contributed by atoms with van der Waals surface area (Å²) in [6.45, 7) is 1.81. The van der Waals surface area contributed by atoms with Crippen molar-refractivity contribution < 1.29 is 13.9 Å². The first-order valence-corrected chi connectivity index (χ1v) is 10.0. The zero-order chi connectivity index (χ0) is 21.3. The Labute approximate surface area is 173 Å². The zero-order valence-electron chi connectivity index (χ0n) is 17.1. The summed E-state index contributed by atoms with van der Waals surface area (Å²) in [5, 5.41) is 2.92. The number of amides is 1. The molecule has 0 atom stereocenters. The van der Waals surface area contributed by atoms with E-state index in [4.69, 9.17) is 4.74 Å². The molecule has 158 valence electrons. The average molecular weight is 412 g/mol. The van der Waals surface area contributed by atoms with Crippen molar-refractivity contribution in [2.24, 2.45) is 14.1 Å². The summed E-state index contributed by atoms with van der Waals surface area (Å²) in [4.78, 5) is 26.6. The first kappa shape index (κ1) is 20.2. The van der Waals surface area contributed by atoms with Crippen LogP contribution in [0, 0.1) is 5.82 Å². The Balaban J connectivity index is 1.30. The van der Waals surface area contributed by atoms with E-state index in [0.29, 0.717) is 18.0 Å². The fraction of sp³-hybridized carbons (Fsp3) is 0.364. The van der Waals surface area contributed by atoms with Crippen molar-refractivity contribution in [3.05, 3.63) is 58.8 Å². The number of imidazole rings is 1. The molecule has 7 nitrogen and oxygen atoms in total. The third kappa shape index (κ3) is 4.23. The summed E-state index contributed by atoms with van der Waals surface area (Å²) >= 11 is 0. The highest BCUT2D eigenvalue weighted by molar-refractivity contribution is 5.94. The molecular formula is C22H25FN4O3. The Morgan fingerprint density at radius 3 is 2.43 bits per heavy atom. The van der Waals surface area contributed by atoms with Gasteiger partial charge in [0.15, 0.2) is 0 Å². The van der Waals surface area contributed by atoms with Crippen molar-refractivity contribution in [1.29, 1.82) is 0 Å². The summed E-state index contributed by atoms with van der Waals surface area (Å²) in [5.74, 6) is 0.295. The topological polar surface area (TPSA) is 68.5 Å². The van der Waals surface area contributed by atoms with Crippen molar-refractivity contribution >= 4 is 22.6 Å². The third-order valence-corrected chi connectivity index (χ3v) is 5.57. The van der Waals surface area contributed by atoms with Gasteiger partial charge in [-0.2, -0.15) is 0 Å². The fourth-order valence-electron chi connectivity index (χ4n) is 3.88. The van der Waals surface area contributed by atoms with Gasteiger partial charge in [-0.1, -0.05) is 0 Å². The molecule has 0 spiro atoms. The Hall–Kier alpha value is -3.13. The van der Waals surface area contributed by atoms with Gasteiger partial charge in [-0.15, -0.1) is 0 Å². The molecule has 1 N–H and O–H groups in total. The summed E-state index contributed by atoms with van der Waals surface area (Å²) < 4.78 is 22.0. The van der Waals surface area contributed by atoms with Crippen LogP contribution in [0.15, 0.2) is 47.3 Å². The lowest BCUT2D eigenvalue weighted by atomic mass is 10.1. The summed E-state index contributed by atoms with van der Waals surface area (Å²) in [7, 11) is 3.45. The van der Waals surface area contributed by atoms with E-state index >= 15 is 0 Å². The predicted molar refractivity (Wildman–Crippen MR) is 113 cm³/mol. The van der Waals surface area contributed by atoms with Crippen molar-refractivity contribution in [2.45, 2.75) is 18.9 Å². The summed E-state index contributed by atoms with van der Waals surface area (Å²) in [5.41, 5.74) is 2.17. The van der Waals surface area contributed by atoms with Gasteiger partial charge in [-0.25, -0.2) is 9.18 Å². The van der Waals surface area contributed by atoms with Gasteiger partial charge in [-0.05, 0) is 55.3 Å². The Morgan fingerprint density at radius 2 is 1.73 bits per heavy atom. The average Bonchev–Trinajstić information content (AvgIpc) is 2.95. The number of halogens is 1. The Morgan fingerprint density at radius 1 is 1.07 bits per heavy atom. The van der Waals surface area contributed by atoms with Crippen LogP contribution in [0.2, 0.25) is 0 Å². The molecule has 2 aromatic carbocycles. The maximum atomic E-state index is 13.0. The zero-order valence-corrected chi connectivity index (χ0v) is 17.1. The molecule has 1 aromatic heterocycles. The number of nitrogens with zero attached hydrogens (tertiary/aromatic N) is 3. The van der Waals surface area contributed by atoms with Crippen LogP contribution in [0.4, 0.5) is 10.1 Å². The molecule has 4 rings (SSSR count). The highest BCUT2D eigenvalue weighted by Crippen LogP contribution is 2.20. The Kier molecular flexibility index (Phi) is 5.59. The molecule has 8 heteroatoms. The molecule has 30 heavy (non-hydrogen) atoms. The third-order valence-electron chi connectivity index (χ3n) is 5.57. The quantitative estimate of drug-likeness (QED) is 0.699. The fourth-order valence-corrected chi connectivity index (χ4v) is 3.88. The highest BCUT2D eigenvalue weighted by atomic mass is 19.1. The van der Waals surface area contributed by atoms with E-state index in [-0.39, 0.29) is 23.5 Å². The first-order valence-electron chi connectivity index (χ1n) is 10.0. The van der Waals surface area contributed by atoms with Gasteiger partial charge in [0.1, 0.15) is 17.7 Å². The Bertz CT molecular complexity index is 1110. The SMILES string of the molecule is Cn1c(=O)n(C)c2cc(NC(=O)CN3CCC(Oc4ccc(F)cc4)CC3)ccc21. The van der Waals surface area contributed by atoms with Crippen molar-refractivity contribution in [1.82, 2.24) is 14.0 Å². The molecule has 3 aromatic rings. The second-order valence-electron chi connectivity index (χ2n) is 7.70. The van der Waals surface area contributed by atoms with Gasteiger partial charge in [0.25, 0.3) is 0 Å². The van der Waals surface area contributed by atoms with E-state index < -0.39 is 0 Å². The molecule has 1 fully saturated rings. The minimum absolute atomic E-state index is 0.0662. The lowest BCUT2D eigenvalue weighted by molar-refractivity contribution is -0.117. The second-order valence-corrected chi connectivity index (χ2v) is 7.70. The van der Waals surface area contributed by atoms with Crippen LogP contribution in [0.1, 0.15) is 12.8 Å². The number of hydrogen-bond acceptors (Lipinski definition) is 4. The predicted octanol–water partition coefficient (Wildman–Crippen LogP) is 2.50. The number of hydrogen-bond donors (Lipinski definition) is 1. The molecule has 1 saturated heterocycles. The number of aromatic nitrogens is 2. The van der Waals surface area contributed by atoms with Gasteiger partial charge in [0.2, 0.25) is 5.91 Å². The van der Waals surface area contributed by atoms with Gasteiger partial charge >= 0.3 is 5.69 Å². The standard InChI is InChI=1S/C22H25FN4O3/c1-25-19-8-5-16(13-20(19)26(2)22(25)29)24-21(28)14-27-11-9-18(10-12-27)30-17-6-3-15(23)4-7-17/h3-8,13,18H,9-12,14H2,1-2H3,(H,24,28). The van der Waals surface area contributed by atoms with Gasteiger partial charge < -0.3 is 10.1 Å². The van der Waals surface area contributed by atoms with Crippen molar-refractivity contribution in [2.75, 3.05) is 25.0 Å². The van der Waals surface area contributed by atoms with Crippen LogP contribution in [0.3, 0.4) is 0 Å². The minimum Gasteiger partial charge on any atom is -0.490 e. The molecule has 2 heterocycles. The molecule has 1 aliphatic rings. The number of piperidine rings is 1. The maximum absolute atomic E-state index is 13.0. The summed E-state index contributed by atoms with van der Waals surface area (Å²) in [6, 6.07) is 11.5. The number of fused-ring (bicyclic) bond motifs is 1. The lowest BCUT2D eigenvalue weighted by Crippen LogP contribution is -2.42. The van der Waals surface area contributed by atoms with Gasteiger partial charge in [0, 0.05) is 32.9 Å². The molecule has 0 aliphatic carbocycles. The van der Waals surface area contributed by atoms with Crippen LogP contribution in [0.25, 0.3) is 11.0 Å². The lowest BCUT2D eigenvalue weighted by Gasteiger charge is -2.31. The van der Waals surface area contributed by atoms with Crippen molar-refractivity contribution in [3.63, 3.8) is 0 Å². The number of carbonyl (C=O) groups excluding carboxylic acids is 1. The molecule has 0 saturated carbocycles. The largest absolute Gasteiger partial charge is 0.490 e. The number of benzene rings is 2. The molecule has 0 unspecified atom stereocenters. The van der Waals surface area contributed by atoms with Crippen LogP contribution in [0.5, 0.6) is 5.75 Å². The normalized spacial score (nSPS) is 15.4. The maximum Gasteiger partial charge on any atom is 0.328 e. The number of nitrogens with one attached hydrogen (secondary N) is 1. The van der Waals surface area contributed by atoms with Crippen LogP contribution in [-0.4, -0.2) is 45.7 Å². The van der Waals surface area contributed by atoms with E-state index in [2.05, 4.69) is 10.2 Å². The number of aryl methyl sites for hydroxylation is 2. The minimum atomic E-state index is -0.281. The number of ether oxygens (including phenoxy) is 1. The first-order chi connectivity index (χ1) is 14.4. The molecule has 1 amide bonds. The van der Waals surface area contributed by atoms with Crippen LogP contribution >= 0.6 is 0 Å². The van der Waals surface area contributed by atoms with Crippen LogP contribution < -0.4 is 15.7 Å². The molecule has 0 radical (unpaired) electrons. The number of likely N-dealkylation sites (tertiary alicyclic amines) is 1. The van der Waals surface area contributed by atoms with E-state index in [1.807, 2.05) is 18.2 Å². The van der Waals surface area contributed by atoms with Gasteiger partial charge in [0.05, 0.1) is 17.6 Å². The number of anilines is 1. The van der Waals surface area contributed by atoms with Gasteiger partial charge in [-0.3, -0.25) is 18.8 Å². The number of carbonyl (C=O) groups is 1.